The molecular weight excluding hydrogens is 357 g/mol. The number of rotatable bonds is 7. The number of benzene rings is 1. The summed E-state index contributed by atoms with van der Waals surface area (Å²) in [5, 5.41) is 11.8. The number of thiophene rings is 1. The summed E-state index contributed by atoms with van der Waals surface area (Å²) in [5.41, 5.74) is 1.57. The Morgan fingerprint density at radius 1 is 1.35 bits per heavy atom. The maximum atomic E-state index is 13.7. The van der Waals surface area contributed by atoms with E-state index in [2.05, 4.69) is 10.2 Å². The molecule has 0 N–H and O–H groups in total. The fourth-order valence-electron chi connectivity index (χ4n) is 2.43. The minimum absolute atomic E-state index is 0.0866. The number of hydrogen-bond donors (Lipinski definition) is 0. The quantitative estimate of drug-likeness (QED) is 0.632. The van der Waals surface area contributed by atoms with Gasteiger partial charge in [0, 0.05) is 37.4 Å². The molecule has 0 atom stereocenters. The highest BCUT2D eigenvalue weighted by atomic mass is 32.1. The van der Waals surface area contributed by atoms with Crippen molar-refractivity contribution in [2.45, 2.75) is 19.4 Å². The molecule has 0 fully saturated rings. The second-order valence-electron chi connectivity index (χ2n) is 5.73. The molecule has 8 heteroatoms. The summed E-state index contributed by atoms with van der Waals surface area (Å²) < 4.78 is 24.2. The van der Waals surface area contributed by atoms with Crippen molar-refractivity contribution in [2.24, 2.45) is 0 Å². The number of hydrogen-bond acceptors (Lipinski definition) is 6. The average molecular weight is 375 g/mol. The first-order valence-electron chi connectivity index (χ1n) is 7.98. The highest BCUT2D eigenvalue weighted by Gasteiger charge is 2.14. The van der Waals surface area contributed by atoms with E-state index in [4.69, 9.17) is 9.15 Å². The lowest BCUT2D eigenvalue weighted by atomic mass is 10.2. The minimum Gasteiger partial charge on any atom is -0.494 e. The van der Waals surface area contributed by atoms with Crippen molar-refractivity contribution in [3.63, 3.8) is 0 Å². The molecule has 0 unspecified atom stereocenters. The van der Waals surface area contributed by atoms with Crippen molar-refractivity contribution in [2.75, 3.05) is 14.2 Å². The van der Waals surface area contributed by atoms with Crippen LogP contribution in [0, 0.1) is 5.82 Å². The lowest BCUT2D eigenvalue weighted by Crippen LogP contribution is -2.26. The third-order valence-electron chi connectivity index (χ3n) is 3.85. The number of carbonyl (C=O) groups is 1. The highest BCUT2D eigenvalue weighted by molar-refractivity contribution is 7.08. The van der Waals surface area contributed by atoms with Gasteiger partial charge in [0.2, 0.25) is 17.7 Å². The summed E-state index contributed by atoms with van der Waals surface area (Å²) in [4.78, 5) is 13.8. The molecule has 0 spiro atoms. The molecule has 0 aliphatic carbocycles. The Labute approximate surface area is 154 Å². The smallest absolute Gasteiger partial charge is 0.248 e. The first kappa shape index (κ1) is 18.1. The molecule has 0 aliphatic heterocycles. The number of nitrogens with zero attached hydrogens (tertiary/aromatic N) is 3. The number of halogens is 1. The predicted octanol–water partition coefficient (Wildman–Crippen LogP) is 3.54. The van der Waals surface area contributed by atoms with E-state index in [0.717, 1.165) is 5.56 Å². The molecule has 1 amide bonds. The molecule has 26 heavy (non-hydrogen) atoms. The predicted molar refractivity (Wildman–Crippen MR) is 95.4 cm³/mol. The van der Waals surface area contributed by atoms with Crippen LogP contribution in [0.3, 0.4) is 0 Å². The van der Waals surface area contributed by atoms with Gasteiger partial charge >= 0.3 is 0 Å². The zero-order valence-corrected chi connectivity index (χ0v) is 15.3. The van der Waals surface area contributed by atoms with E-state index < -0.39 is 5.82 Å². The van der Waals surface area contributed by atoms with Crippen LogP contribution in [0.5, 0.6) is 5.75 Å². The lowest BCUT2D eigenvalue weighted by molar-refractivity contribution is -0.130. The van der Waals surface area contributed by atoms with Crippen LogP contribution in [0.1, 0.15) is 17.9 Å². The lowest BCUT2D eigenvalue weighted by Gasteiger charge is -2.17. The SMILES string of the molecule is COc1ccc(CN(C)C(=O)CCc2nnc(-c3ccsc3)o2)cc1F. The first-order chi connectivity index (χ1) is 12.6. The Morgan fingerprint density at radius 3 is 2.88 bits per heavy atom. The van der Waals surface area contributed by atoms with Gasteiger partial charge in [-0.1, -0.05) is 6.07 Å². The topological polar surface area (TPSA) is 68.5 Å². The van der Waals surface area contributed by atoms with Crippen LogP contribution in [0.4, 0.5) is 4.39 Å². The summed E-state index contributed by atoms with van der Waals surface area (Å²) >= 11 is 1.55. The summed E-state index contributed by atoms with van der Waals surface area (Å²) in [6, 6.07) is 6.55. The Hall–Kier alpha value is -2.74. The summed E-state index contributed by atoms with van der Waals surface area (Å²) in [7, 11) is 3.09. The number of carbonyl (C=O) groups excluding carboxylic acids is 1. The van der Waals surface area contributed by atoms with Gasteiger partial charge < -0.3 is 14.1 Å². The molecule has 136 valence electrons. The van der Waals surface area contributed by atoms with Crippen molar-refractivity contribution in [1.82, 2.24) is 15.1 Å². The molecule has 3 aromatic rings. The molecule has 0 saturated carbocycles. The minimum atomic E-state index is -0.447. The van der Waals surface area contributed by atoms with Crippen LogP contribution in [0.2, 0.25) is 0 Å². The van der Waals surface area contributed by atoms with Gasteiger partial charge in [0.25, 0.3) is 0 Å². The number of methoxy groups -OCH3 is 1. The van der Waals surface area contributed by atoms with Crippen molar-refractivity contribution in [3.05, 3.63) is 52.3 Å². The van der Waals surface area contributed by atoms with Crippen molar-refractivity contribution < 1.29 is 18.3 Å². The highest BCUT2D eigenvalue weighted by Crippen LogP contribution is 2.21. The second-order valence-corrected chi connectivity index (χ2v) is 6.51. The van der Waals surface area contributed by atoms with E-state index in [1.54, 1.807) is 30.5 Å². The zero-order chi connectivity index (χ0) is 18.5. The van der Waals surface area contributed by atoms with E-state index in [0.29, 0.717) is 30.3 Å². The molecule has 0 bridgehead atoms. The van der Waals surface area contributed by atoms with Crippen molar-refractivity contribution in [3.8, 4) is 17.2 Å². The fourth-order valence-corrected chi connectivity index (χ4v) is 3.06. The molecular formula is C18H18FN3O3S. The molecule has 2 heterocycles. The summed E-state index contributed by atoms with van der Waals surface area (Å²) in [6.07, 6.45) is 0.595. The Bertz CT molecular complexity index is 880. The Balaban J connectivity index is 1.54. The molecule has 6 nitrogen and oxygen atoms in total. The third kappa shape index (κ3) is 4.26. The van der Waals surface area contributed by atoms with Gasteiger partial charge in [0.15, 0.2) is 11.6 Å². The summed E-state index contributed by atoms with van der Waals surface area (Å²) in [5.74, 6) is 0.522. The van der Waals surface area contributed by atoms with Gasteiger partial charge in [0.05, 0.1) is 7.11 Å². The number of aryl methyl sites for hydroxylation is 1. The molecule has 2 aromatic heterocycles. The monoisotopic (exact) mass is 375 g/mol. The standard InChI is InChI=1S/C18H18FN3O3S/c1-22(10-12-3-4-15(24-2)14(19)9-12)17(23)6-5-16-20-21-18(25-16)13-7-8-26-11-13/h3-4,7-9,11H,5-6,10H2,1-2H3. The van der Waals surface area contributed by atoms with Crippen LogP contribution in [0.25, 0.3) is 11.5 Å². The van der Waals surface area contributed by atoms with Crippen molar-refractivity contribution >= 4 is 17.2 Å². The zero-order valence-electron chi connectivity index (χ0n) is 14.4. The first-order valence-corrected chi connectivity index (χ1v) is 8.92. The Morgan fingerprint density at radius 2 is 2.19 bits per heavy atom. The molecule has 3 rings (SSSR count). The van der Waals surface area contributed by atoms with Gasteiger partial charge in [-0.05, 0) is 29.1 Å². The van der Waals surface area contributed by atoms with Crippen molar-refractivity contribution in [1.29, 1.82) is 0 Å². The van der Waals surface area contributed by atoms with Crippen LogP contribution in [0.15, 0.2) is 39.4 Å². The fraction of sp³-hybridized carbons (Fsp3) is 0.278. The number of ether oxygens (including phenoxy) is 1. The Kier molecular flexibility index (Phi) is 5.62. The van der Waals surface area contributed by atoms with Crippen LogP contribution >= 0.6 is 11.3 Å². The van der Waals surface area contributed by atoms with Gasteiger partial charge in [-0.15, -0.1) is 10.2 Å². The van der Waals surface area contributed by atoms with E-state index >= 15 is 0 Å². The maximum absolute atomic E-state index is 13.7. The number of amides is 1. The van der Waals surface area contributed by atoms with E-state index in [-0.39, 0.29) is 18.1 Å². The van der Waals surface area contributed by atoms with E-state index in [1.165, 1.54) is 18.1 Å². The average Bonchev–Trinajstić information content (AvgIpc) is 3.31. The largest absolute Gasteiger partial charge is 0.494 e. The number of aromatic nitrogens is 2. The molecule has 1 aromatic carbocycles. The van der Waals surface area contributed by atoms with Crippen LogP contribution < -0.4 is 4.74 Å². The molecule has 0 saturated heterocycles. The van der Waals surface area contributed by atoms with Gasteiger partial charge in [-0.3, -0.25) is 4.79 Å². The van der Waals surface area contributed by atoms with Crippen LogP contribution in [-0.2, 0) is 17.8 Å². The van der Waals surface area contributed by atoms with E-state index in [1.807, 2.05) is 16.8 Å². The molecule has 0 aliphatic rings. The normalized spacial score (nSPS) is 10.7. The van der Waals surface area contributed by atoms with Gasteiger partial charge in [-0.2, -0.15) is 11.3 Å². The van der Waals surface area contributed by atoms with Gasteiger partial charge in [-0.25, -0.2) is 4.39 Å². The van der Waals surface area contributed by atoms with E-state index in [9.17, 15) is 9.18 Å². The van der Waals surface area contributed by atoms with Crippen LogP contribution in [-0.4, -0.2) is 35.2 Å². The third-order valence-corrected chi connectivity index (χ3v) is 4.53. The van der Waals surface area contributed by atoms with Gasteiger partial charge in [0.1, 0.15) is 0 Å². The maximum Gasteiger partial charge on any atom is 0.248 e. The second kappa shape index (κ2) is 8.09. The molecule has 0 radical (unpaired) electrons. The summed E-state index contributed by atoms with van der Waals surface area (Å²) in [6.45, 7) is 0.309.